The lowest BCUT2D eigenvalue weighted by atomic mass is 10.1. The highest BCUT2D eigenvalue weighted by atomic mass is 32.2. The number of thioether (sulfide) groups is 1. The predicted molar refractivity (Wildman–Crippen MR) is 82.2 cm³/mol. The van der Waals surface area contributed by atoms with Gasteiger partial charge in [0, 0.05) is 0 Å². The first-order valence-electron chi connectivity index (χ1n) is 6.66. The van der Waals surface area contributed by atoms with Crippen molar-refractivity contribution in [2.45, 2.75) is 38.5 Å². The maximum absolute atomic E-state index is 11.8. The Morgan fingerprint density at radius 1 is 1.37 bits per heavy atom. The molecule has 1 N–H and O–H groups in total. The van der Waals surface area contributed by atoms with Crippen molar-refractivity contribution in [3.8, 4) is 0 Å². The molecule has 1 aliphatic heterocycles. The Hall–Kier alpha value is -1.29. The summed E-state index contributed by atoms with van der Waals surface area (Å²) in [6.07, 6.45) is 11.5. The summed E-state index contributed by atoms with van der Waals surface area (Å²) in [6.45, 7) is 6.17. The van der Waals surface area contributed by atoms with Gasteiger partial charge < -0.3 is 5.32 Å². The maximum atomic E-state index is 11.8. The van der Waals surface area contributed by atoms with Gasteiger partial charge in [-0.15, -0.1) is 0 Å². The van der Waals surface area contributed by atoms with Gasteiger partial charge in [0.25, 0.3) is 0 Å². The van der Waals surface area contributed by atoms with Gasteiger partial charge in [-0.3, -0.25) is 9.79 Å². The summed E-state index contributed by atoms with van der Waals surface area (Å²) in [7, 11) is 0. The summed E-state index contributed by atoms with van der Waals surface area (Å²) in [5.41, 5.74) is 1.17. The molecule has 0 aromatic rings. The Bertz CT molecular complexity index is 475. The molecule has 2 aliphatic rings. The number of hydrogen-bond donors (Lipinski definition) is 1. The van der Waals surface area contributed by atoms with Crippen molar-refractivity contribution in [3.63, 3.8) is 0 Å². The molecule has 0 bridgehead atoms. The van der Waals surface area contributed by atoms with Gasteiger partial charge >= 0.3 is 0 Å². The number of hydrogen-bond acceptors (Lipinski definition) is 3. The van der Waals surface area contributed by atoms with Crippen LogP contribution in [-0.4, -0.2) is 22.4 Å². The van der Waals surface area contributed by atoms with E-state index in [0.29, 0.717) is 5.92 Å². The Morgan fingerprint density at radius 3 is 2.84 bits per heavy atom. The van der Waals surface area contributed by atoms with E-state index in [1.54, 1.807) is 11.8 Å². The van der Waals surface area contributed by atoms with E-state index in [1.807, 2.05) is 0 Å². The number of allylic oxidation sites excluding steroid dienone is 4. The Balaban J connectivity index is 2.08. The van der Waals surface area contributed by atoms with Gasteiger partial charge in [-0.2, -0.15) is 0 Å². The van der Waals surface area contributed by atoms with Crippen molar-refractivity contribution in [2.24, 2.45) is 10.9 Å². The molecule has 102 valence electrons. The molecule has 2 atom stereocenters. The van der Waals surface area contributed by atoms with Crippen LogP contribution in [0.5, 0.6) is 0 Å². The fourth-order valence-corrected chi connectivity index (χ4v) is 3.06. The van der Waals surface area contributed by atoms with Gasteiger partial charge in [0.05, 0.1) is 11.3 Å². The van der Waals surface area contributed by atoms with Crippen LogP contribution in [0.3, 0.4) is 0 Å². The van der Waals surface area contributed by atoms with Crippen molar-refractivity contribution in [1.82, 2.24) is 5.32 Å². The van der Waals surface area contributed by atoms with Crippen LogP contribution in [0.25, 0.3) is 0 Å². The summed E-state index contributed by atoms with van der Waals surface area (Å²) < 4.78 is 0. The fraction of sp³-hybridized carbons (Fsp3) is 0.467. The van der Waals surface area contributed by atoms with E-state index in [1.165, 1.54) is 5.57 Å². The van der Waals surface area contributed by atoms with Crippen molar-refractivity contribution in [3.05, 3.63) is 36.0 Å². The number of nitrogens with one attached hydrogen (secondary N) is 1. The standard InChI is InChI=1S/C15H20N2OS/c1-10(2)13-14(18)17-15(19-13)16-11(3)12-8-6-4-5-7-9-12/h4,6-11,13H,5H2,1-3H3,(H,16,17,18)/t11-,13?/m0/s1. The molecule has 1 heterocycles. The molecule has 4 heteroatoms. The number of carbonyl (C=O) groups excluding carboxylic acids is 1. The van der Waals surface area contributed by atoms with Crippen LogP contribution >= 0.6 is 11.8 Å². The monoisotopic (exact) mass is 276 g/mol. The van der Waals surface area contributed by atoms with Gasteiger partial charge in [-0.25, -0.2) is 0 Å². The highest BCUT2D eigenvalue weighted by Gasteiger charge is 2.32. The normalized spacial score (nSPS) is 26.5. The molecule has 0 saturated carbocycles. The van der Waals surface area contributed by atoms with Gasteiger partial charge in [0.2, 0.25) is 5.91 Å². The average Bonchev–Trinajstić information content (AvgIpc) is 2.58. The topological polar surface area (TPSA) is 41.5 Å². The highest BCUT2D eigenvalue weighted by molar-refractivity contribution is 8.15. The minimum Gasteiger partial charge on any atom is -0.304 e. The van der Waals surface area contributed by atoms with Crippen LogP contribution in [0.4, 0.5) is 0 Å². The zero-order valence-electron chi connectivity index (χ0n) is 11.6. The van der Waals surface area contributed by atoms with Crippen LogP contribution in [0.1, 0.15) is 27.2 Å². The summed E-state index contributed by atoms with van der Waals surface area (Å²) in [5, 5.41) is 3.61. The number of amidine groups is 1. The summed E-state index contributed by atoms with van der Waals surface area (Å²) in [6, 6.07) is 0.0627. The Labute approximate surface area is 118 Å². The van der Waals surface area contributed by atoms with Crippen molar-refractivity contribution < 1.29 is 4.79 Å². The number of nitrogens with zero attached hydrogens (tertiary/aromatic N) is 1. The minimum atomic E-state index is -0.00972. The molecule has 1 unspecified atom stereocenters. The summed E-state index contributed by atoms with van der Waals surface area (Å²) >= 11 is 1.54. The fourth-order valence-electron chi connectivity index (χ4n) is 2.01. The van der Waals surface area contributed by atoms with Gasteiger partial charge in [-0.1, -0.05) is 56.0 Å². The second kappa shape index (κ2) is 6.24. The second-order valence-corrected chi connectivity index (χ2v) is 6.25. The first-order valence-corrected chi connectivity index (χ1v) is 7.54. The molecule has 1 saturated heterocycles. The van der Waals surface area contributed by atoms with E-state index in [4.69, 9.17) is 0 Å². The van der Waals surface area contributed by atoms with E-state index in [0.717, 1.165) is 11.6 Å². The van der Waals surface area contributed by atoms with E-state index < -0.39 is 0 Å². The molecule has 1 aliphatic carbocycles. The van der Waals surface area contributed by atoms with Crippen LogP contribution < -0.4 is 5.32 Å². The molecule has 0 aromatic heterocycles. The zero-order chi connectivity index (χ0) is 13.8. The Morgan fingerprint density at radius 2 is 2.16 bits per heavy atom. The van der Waals surface area contributed by atoms with Crippen LogP contribution in [0.2, 0.25) is 0 Å². The quantitative estimate of drug-likeness (QED) is 0.860. The van der Waals surface area contributed by atoms with Gasteiger partial charge in [0.15, 0.2) is 5.17 Å². The van der Waals surface area contributed by atoms with E-state index >= 15 is 0 Å². The van der Waals surface area contributed by atoms with Crippen molar-refractivity contribution in [2.75, 3.05) is 0 Å². The molecule has 0 aromatic carbocycles. The molecule has 2 rings (SSSR count). The molecule has 3 nitrogen and oxygen atoms in total. The SMILES string of the molecule is CC(C)C1SC(=N[C@@H](C)C2=CC=CCC=C2)NC1=O. The molecule has 1 amide bonds. The van der Waals surface area contributed by atoms with E-state index in [2.05, 4.69) is 61.5 Å². The minimum absolute atomic E-state index is 0.00972. The smallest absolute Gasteiger partial charge is 0.239 e. The third-order valence-electron chi connectivity index (χ3n) is 3.13. The van der Waals surface area contributed by atoms with Crippen LogP contribution in [0.15, 0.2) is 40.9 Å². The number of rotatable bonds is 3. The number of amides is 1. The third-order valence-corrected chi connectivity index (χ3v) is 4.58. The summed E-state index contributed by atoms with van der Waals surface area (Å²) in [5.74, 6) is 0.407. The predicted octanol–water partition coefficient (Wildman–Crippen LogP) is 3.06. The lowest BCUT2D eigenvalue weighted by Crippen LogP contribution is -2.28. The largest absolute Gasteiger partial charge is 0.304 e. The molecule has 19 heavy (non-hydrogen) atoms. The lowest BCUT2D eigenvalue weighted by molar-refractivity contribution is -0.119. The molecule has 0 radical (unpaired) electrons. The third kappa shape index (κ3) is 3.60. The highest BCUT2D eigenvalue weighted by Crippen LogP contribution is 2.26. The Kier molecular flexibility index (Phi) is 4.64. The average molecular weight is 276 g/mol. The zero-order valence-corrected chi connectivity index (χ0v) is 12.4. The van der Waals surface area contributed by atoms with Crippen LogP contribution in [0, 0.1) is 5.92 Å². The second-order valence-electron chi connectivity index (χ2n) is 5.11. The molecular weight excluding hydrogens is 256 g/mol. The van der Waals surface area contributed by atoms with Gasteiger partial charge in [-0.05, 0) is 24.8 Å². The van der Waals surface area contributed by atoms with E-state index in [-0.39, 0.29) is 17.2 Å². The van der Waals surface area contributed by atoms with E-state index in [9.17, 15) is 4.79 Å². The van der Waals surface area contributed by atoms with Gasteiger partial charge in [0.1, 0.15) is 0 Å². The first kappa shape index (κ1) is 14.1. The number of carbonyl (C=O) groups is 1. The van der Waals surface area contributed by atoms with Crippen molar-refractivity contribution >= 4 is 22.8 Å². The lowest BCUT2D eigenvalue weighted by Gasteiger charge is -2.09. The number of aliphatic imine (C=N–C) groups is 1. The summed E-state index contributed by atoms with van der Waals surface area (Å²) in [4.78, 5) is 16.4. The maximum Gasteiger partial charge on any atom is 0.239 e. The molecule has 0 spiro atoms. The van der Waals surface area contributed by atoms with Crippen molar-refractivity contribution in [1.29, 1.82) is 0 Å². The molecule has 1 fully saturated rings. The molecular formula is C15H20N2OS. The van der Waals surface area contributed by atoms with Crippen LogP contribution in [-0.2, 0) is 4.79 Å². The first-order chi connectivity index (χ1) is 9.08.